The third-order valence-electron chi connectivity index (χ3n) is 15.6. The molecular formula is C70H66. The molecule has 0 radical (unpaired) electrons. The number of allylic oxidation sites excluding steroid dienone is 8. The minimum Gasteiger partial charge on any atom is -0.0814 e. The normalized spacial score (nSPS) is 17.2. The largest absolute Gasteiger partial charge is 0.0814 e. The van der Waals surface area contributed by atoms with Gasteiger partial charge in [-0.3, -0.25) is 0 Å². The molecule has 3 aliphatic rings. The maximum Gasteiger partial charge on any atom is 0.0713 e. The maximum atomic E-state index is 2.56. The van der Waals surface area contributed by atoms with Crippen LogP contribution < -0.4 is 0 Å². The number of rotatable bonds is 8. The highest BCUT2D eigenvalue weighted by Crippen LogP contribution is 2.59. The Labute approximate surface area is 418 Å². The van der Waals surface area contributed by atoms with Crippen LogP contribution in [0.25, 0.3) is 44.5 Å². The van der Waals surface area contributed by atoms with Gasteiger partial charge in [-0.05, 0) is 140 Å². The van der Waals surface area contributed by atoms with Crippen molar-refractivity contribution in [2.24, 2.45) is 11.8 Å². The van der Waals surface area contributed by atoms with Gasteiger partial charge < -0.3 is 0 Å². The van der Waals surface area contributed by atoms with Crippen molar-refractivity contribution in [2.75, 3.05) is 0 Å². The second-order valence-corrected chi connectivity index (χ2v) is 20.8. The molecule has 0 heterocycles. The van der Waals surface area contributed by atoms with Gasteiger partial charge in [0.1, 0.15) is 0 Å². The molecule has 8 aromatic carbocycles. The summed E-state index contributed by atoms with van der Waals surface area (Å²) in [4.78, 5) is 0. The summed E-state index contributed by atoms with van der Waals surface area (Å²) in [6.45, 7) is 20.3. The number of hydrogen-bond donors (Lipinski definition) is 0. The first-order valence-corrected chi connectivity index (χ1v) is 25.4. The van der Waals surface area contributed by atoms with Crippen molar-refractivity contribution in [1.29, 1.82) is 0 Å². The Bertz CT molecular complexity index is 3310. The molecule has 8 aromatic rings. The minimum atomic E-state index is -0.483. The fourth-order valence-corrected chi connectivity index (χ4v) is 11.9. The molecule has 70 heavy (non-hydrogen) atoms. The topological polar surface area (TPSA) is 0 Å². The van der Waals surface area contributed by atoms with Crippen LogP contribution in [0.5, 0.6) is 0 Å². The molecular weight excluding hydrogens is 841 g/mol. The lowest BCUT2D eigenvalue weighted by Gasteiger charge is -2.35. The first kappa shape index (κ1) is 46.4. The SMILES string of the molecule is C/C=C(\C=C/C(C)C)c1ccc(-c2cccc3c2-c2ccc(C4C=C(c5ccccc5)C=C(C)C4C)cc2C3(c2ccccc2)c2ccccc2)cc1C.Cc1ccc2c(c1)C(C)(C)c1ccccc1-2. The molecule has 0 aromatic heterocycles. The van der Waals surface area contributed by atoms with Crippen molar-refractivity contribution >= 4 is 11.1 Å². The summed E-state index contributed by atoms with van der Waals surface area (Å²) in [5.41, 5.74) is 26.4. The summed E-state index contributed by atoms with van der Waals surface area (Å²) in [6, 6.07) is 70.3. The monoisotopic (exact) mass is 907 g/mol. The highest BCUT2D eigenvalue weighted by Gasteiger charge is 2.47. The van der Waals surface area contributed by atoms with Gasteiger partial charge in [-0.1, -0.05) is 264 Å². The number of fused-ring (bicyclic) bond motifs is 6. The van der Waals surface area contributed by atoms with E-state index in [2.05, 4.69) is 281 Å². The molecule has 2 atom stereocenters. The lowest BCUT2D eigenvalue weighted by molar-refractivity contribution is 0.599. The Hall–Kier alpha value is -7.28. The van der Waals surface area contributed by atoms with Crippen molar-refractivity contribution in [3.63, 3.8) is 0 Å². The van der Waals surface area contributed by atoms with Gasteiger partial charge in [0.25, 0.3) is 0 Å². The summed E-state index contributed by atoms with van der Waals surface area (Å²) in [5.74, 6) is 1.14. The van der Waals surface area contributed by atoms with E-state index in [1.54, 1.807) is 0 Å². The van der Waals surface area contributed by atoms with Gasteiger partial charge in [0.05, 0.1) is 5.41 Å². The van der Waals surface area contributed by atoms with Crippen LogP contribution in [0.4, 0.5) is 0 Å². The number of aryl methyl sites for hydroxylation is 2. The van der Waals surface area contributed by atoms with Crippen molar-refractivity contribution in [2.45, 2.75) is 79.1 Å². The summed E-state index contributed by atoms with van der Waals surface area (Å²) in [5, 5.41) is 0. The van der Waals surface area contributed by atoms with Gasteiger partial charge in [-0.2, -0.15) is 0 Å². The van der Waals surface area contributed by atoms with E-state index >= 15 is 0 Å². The van der Waals surface area contributed by atoms with Crippen LogP contribution in [0.2, 0.25) is 0 Å². The van der Waals surface area contributed by atoms with E-state index in [0.717, 1.165) is 0 Å². The average molecular weight is 907 g/mol. The van der Waals surface area contributed by atoms with E-state index in [1.807, 2.05) is 0 Å². The smallest absolute Gasteiger partial charge is 0.0713 e. The van der Waals surface area contributed by atoms with Crippen molar-refractivity contribution in [1.82, 2.24) is 0 Å². The minimum absolute atomic E-state index is 0.151. The van der Waals surface area contributed by atoms with Crippen molar-refractivity contribution < 1.29 is 0 Å². The zero-order valence-electron chi connectivity index (χ0n) is 42.5. The first-order chi connectivity index (χ1) is 33.9. The third-order valence-corrected chi connectivity index (χ3v) is 15.6. The Morgan fingerprint density at radius 3 is 1.83 bits per heavy atom. The molecule has 11 rings (SSSR count). The van der Waals surface area contributed by atoms with E-state index in [-0.39, 0.29) is 11.3 Å². The molecule has 0 bridgehead atoms. The summed E-state index contributed by atoms with van der Waals surface area (Å²) >= 11 is 0. The third kappa shape index (κ3) is 8.08. The molecule has 2 unspecified atom stereocenters. The van der Waals surface area contributed by atoms with Crippen molar-refractivity contribution in [3.05, 3.63) is 285 Å². The standard InChI is InChI=1S/C54H50.C16H16/c1-7-40(27-26-36(2)3)47-30-28-42(33-38(47)5)48-24-17-25-51-53(48)49-31-29-43(50-34-44(32-37(4)39(50)6)41-18-11-8-12-19-41)35-52(49)54(51,45-20-13-9-14-21-45)46-22-15-10-16-23-46;1-11-8-9-13-12-6-4-5-7-14(12)16(2,3)15(13)10-11/h7-36,39,50H,1-6H3;4-10H,1-3H3/b27-26-,40-7+;. The molecule has 0 N–H and O–H groups in total. The predicted molar refractivity (Wildman–Crippen MR) is 300 cm³/mol. The zero-order valence-corrected chi connectivity index (χ0v) is 42.5. The van der Waals surface area contributed by atoms with Crippen LogP contribution in [0.15, 0.2) is 224 Å². The maximum absolute atomic E-state index is 2.56. The fourth-order valence-electron chi connectivity index (χ4n) is 11.9. The molecule has 0 fully saturated rings. The second kappa shape index (κ2) is 18.9. The molecule has 0 nitrogen and oxygen atoms in total. The van der Waals surface area contributed by atoms with Gasteiger partial charge in [0.2, 0.25) is 0 Å². The molecule has 0 amide bonds. The van der Waals surface area contributed by atoms with Gasteiger partial charge in [0, 0.05) is 11.3 Å². The van der Waals surface area contributed by atoms with Crippen LogP contribution in [-0.2, 0) is 10.8 Å². The quantitative estimate of drug-likeness (QED) is 0.133. The molecule has 0 spiro atoms. The van der Waals surface area contributed by atoms with Crippen LogP contribution in [0, 0.1) is 25.7 Å². The molecule has 0 aliphatic heterocycles. The Kier molecular flexibility index (Phi) is 12.5. The molecule has 0 heteroatoms. The molecule has 346 valence electrons. The predicted octanol–water partition coefficient (Wildman–Crippen LogP) is 18.7. The zero-order chi connectivity index (χ0) is 48.7. The molecule has 0 saturated carbocycles. The Morgan fingerprint density at radius 1 is 0.543 bits per heavy atom. The average Bonchev–Trinajstić information content (AvgIpc) is 3.81. The Balaban J connectivity index is 0.000000298. The van der Waals surface area contributed by atoms with Gasteiger partial charge in [0.15, 0.2) is 0 Å². The van der Waals surface area contributed by atoms with E-state index in [1.165, 1.54) is 111 Å². The molecule has 0 saturated heterocycles. The van der Waals surface area contributed by atoms with Gasteiger partial charge >= 0.3 is 0 Å². The van der Waals surface area contributed by atoms with E-state index in [4.69, 9.17) is 0 Å². The summed E-state index contributed by atoms with van der Waals surface area (Å²) < 4.78 is 0. The highest BCUT2D eigenvalue weighted by molar-refractivity contribution is 5.96. The first-order valence-electron chi connectivity index (χ1n) is 25.4. The number of benzene rings is 8. The second-order valence-electron chi connectivity index (χ2n) is 20.8. The highest BCUT2D eigenvalue weighted by atomic mass is 14.5. The van der Waals surface area contributed by atoms with Crippen LogP contribution >= 0.6 is 0 Å². The summed E-state index contributed by atoms with van der Waals surface area (Å²) in [6.07, 6.45) is 11.7. The van der Waals surface area contributed by atoms with Crippen LogP contribution in [0.3, 0.4) is 0 Å². The fraction of sp³-hybridized carbons (Fsp3) is 0.200. The van der Waals surface area contributed by atoms with Crippen LogP contribution in [0.1, 0.15) is 116 Å². The van der Waals surface area contributed by atoms with E-state index in [0.29, 0.717) is 11.8 Å². The molecule has 3 aliphatic carbocycles. The van der Waals surface area contributed by atoms with E-state index < -0.39 is 5.41 Å². The van der Waals surface area contributed by atoms with Gasteiger partial charge in [-0.15, -0.1) is 0 Å². The van der Waals surface area contributed by atoms with E-state index in [9.17, 15) is 0 Å². The van der Waals surface area contributed by atoms with Gasteiger partial charge in [-0.25, -0.2) is 0 Å². The lowest BCUT2D eigenvalue weighted by Crippen LogP contribution is -2.28. The summed E-state index contributed by atoms with van der Waals surface area (Å²) in [7, 11) is 0. The Morgan fingerprint density at radius 2 is 1.16 bits per heavy atom. The van der Waals surface area contributed by atoms with Crippen LogP contribution in [-0.4, -0.2) is 0 Å². The lowest BCUT2D eigenvalue weighted by atomic mass is 9.67. The number of hydrogen-bond acceptors (Lipinski definition) is 0. The van der Waals surface area contributed by atoms with Crippen molar-refractivity contribution in [3.8, 4) is 33.4 Å².